The Morgan fingerprint density at radius 2 is 1.41 bits per heavy atom. The Bertz CT molecular complexity index is 527. The van der Waals surface area contributed by atoms with Crippen molar-refractivity contribution < 1.29 is 5.11 Å². The molecule has 2 aromatic rings. The third kappa shape index (κ3) is 2.98. The predicted octanol–water partition coefficient (Wildman–Crippen LogP) is 2.12. The molecule has 0 saturated heterocycles. The zero-order chi connectivity index (χ0) is 12.3. The lowest BCUT2D eigenvalue weighted by molar-refractivity contribution is 0.475. The van der Waals surface area contributed by atoms with Crippen LogP contribution < -0.4 is 11.5 Å². The van der Waals surface area contributed by atoms with Gasteiger partial charge in [0.1, 0.15) is 17.4 Å². The molecule has 0 spiro atoms. The third-order valence-electron chi connectivity index (χ3n) is 2.25. The number of aromatic nitrogens is 1. The summed E-state index contributed by atoms with van der Waals surface area (Å²) in [6, 6.07) is 10.4. The fourth-order valence-corrected chi connectivity index (χ4v) is 1.47. The van der Waals surface area contributed by atoms with Gasteiger partial charge in [-0.25, -0.2) is 4.98 Å². The summed E-state index contributed by atoms with van der Waals surface area (Å²) >= 11 is 0. The second-order valence-corrected chi connectivity index (χ2v) is 3.68. The number of hydrogen-bond donors (Lipinski definition) is 3. The van der Waals surface area contributed by atoms with Crippen LogP contribution in [-0.2, 0) is 0 Å². The highest BCUT2D eigenvalue weighted by atomic mass is 16.3. The molecule has 0 aliphatic carbocycles. The van der Waals surface area contributed by atoms with Crippen LogP contribution in [0.1, 0.15) is 11.1 Å². The van der Waals surface area contributed by atoms with E-state index in [4.69, 9.17) is 16.6 Å². The van der Waals surface area contributed by atoms with Crippen LogP contribution in [-0.4, -0.2) is 10.1 Å². The van der Waals surface area contributed by atoms with E-state index in [1.54, 1.807) is 24.3 Å². The number of aromatic hydroxyl groups is 1. The fraction of sp³-hybridized carbons (Fsp3) is 0. The molecule has 4 heteroatoms. The number of nitrogen functional groups attached to an aromatic ring is 2. The van der Waals surface area contributed by atoms with Crippen LogP contribution in [0.5, 0.6) is 5.75 Å². The lowest BCUT2D eigenvalue weighted by Crippen LogP contribution is -1.96. The first-order valence-corrected chi connectivity index (χ1v) is 5.13. The summed E-state index contributed by atoms with van der Waals surface area (Å²) in [5, 5.41) is 9.15. The molecule has 0 unspecified atom stereocenters. The van der Waals surface area contributed by atoms with Crippen molar-refractivity contribution in [2.75, 3.05) is 11.5 Å². The third-order valence-corrected chi connectivity index (χ3v) is 2.25. The number of phenols is 1. The highest BCUT2D eigenvalue weighted by Gasteiger charge is 1.94. The lowest BCUT2D eigenvalue weighted by Gasteiger charge is -1.99. The SMILES string of the molecule is Nc1cc(/C=C/c2ccc(O)cc2)cc(N)n1. The molecule has 0 aliphatic heterocycles. The van der Waals surface area contributed by atoms with Crippen molar-refractivity contribution in [1.29, 1.82) is 0 Å². The molecular formula is C13H13N3O. The summed E-state index contributed by atoms with van der Waals surface area (Å²) in [6.07, 6.45) is 3.80. The summed E-state index contributed by atoms with van der Waals surface area (Å²) in [5.74, 6) is 1.05. The van der Waals surface area contributed by atoms with Crippen molar-refractivity contribution in [3.63, 3.8) is 0 Å². The molecule has 1 aromatic carbocycles. The summed E-state index contributed by atoms with van der Waals surface area (Å²) in [4.78, 5) is 3.89. The van der Waals surface area contributed by atoms with Crippen LogP contribution in [0.4, 0.5) is 11.6 Å². The minimum absolute atomic E-state index is 0.250. The number of nitrogens with two attached hydrogens (primary N) is 2. The van der Waals surface area contributed by atoms with E-state index in [2.05, 4.69) is 4.98 Å². The second-order valence-electron chi connectivity index (χ2n) is 3.68. The maximum Gasteiger partial charge on any atom is 0.126 e. The van der Waals surface area contributed by atoms with Gasteiger partial charge in [-0.1, -0.05) is 24.3 Å². The quantitative estimate of drug-likeness (QED) is 0.733. The van der Waals surface area contributed by atoms with Gasteiger partial charge in [0.2, 0.25) is 0 Å². The van der Waals surface area contributed by atoms with Gasteiger partial charge in [0.15, 0.2) is 0 Å². The van der Waals surface area contributed by atoms with Crippen molar-refractivity contribution in [3.8, 4) is 5.75 Å². The molecule has 5 N–H and O–H groups in total. The molecular weight excluding hydrogens is 214 g/mol. The van der Waals surface area contributed by atoms with Gasteiger partial charge in [0, 0.05) is 0 Å². The van der Waals surface area contributed by atoms with Gasteiger partial charge >= 0.3 is 0 Å². The Morgan fingerprint density at radius 3 is 2.00 bits per heavy atom. The van der Waals surface area contributed by atoms with Crippen LogP contribution in [0.3, 0.4) is 0 Å². The van der Waals surface area contributed by atoms with Gasteiger partial charge in [0.05, 0.1) is 0 Å². The molecule has 4 nitrogen and oxygen atoms in total. The van der Waals surface area contributed by atoms with Crippen molar-refractivity contribution in [1.82, 2.24) is 4.98 Å². The first kappa shape index (κ1) is 11.0. The van der Waals surface area contributed by atoms with E-state index in [9.17, 15) is 0 Å². The zero-order valence-electron chi connectivity index (χ0n) is 9.17. The molecule has 86 valence electrons. The maximum absolute atomic E-state index is 9.15. The topological polar surface area (TPSA) is 85.2 Å². The summed E-state index contributed by atoms with van der Waals surface area (Å²) in [7, 11) is 0. The van der Waals surface area contributed by atoms with Crippen molar-refractivity contribution >= 4 is 23.8 Å². The van der Waals surface area contributed by atoms with Gasteiger partial charge in [-0.05, 0) is 35.4 Å². The largest absolute Gasteiger partial charge is 0.508 e. The van der Waals surface area contributed by atoms with E-state index in [0.717, 1.165) is 11.1 Å². The van der Waals surface area contributed by atoms with Crippen molar-refractivity contribution in [3.05, 3.63) is 47.5 Å². The predicted molar refractivity (Wildman–Crippen MR) is 70.1 cm³/mol. The monoisotopic (exact) mass is 227 g/mol. The van der Waals surface area contributed by atoms with Gasteiger partial charge in [-0.2, -0.15) is 0 Å². The first-order valence-electron chi connectivity index (χ1n) is 5.13. The molecule has 0 fully saturated rings. The molecule has 0 radical (unpaired) electrons. The number of pyridine rings is 1. The highest BCUT2D eigenvalue weighted by molar-refractivity contribution is 5.71. The average molecular weight is 227 g/mol. The maximum atomic E-state index is 9.15. The highest BCUT2D eigenvalue weighted by Crippen LogP contribution is 2.15. The molecule has 0 amide bonds. The summed E-state index contributed by atoms with van der Waals surface area (Å²) < 4.78 is 0. The molecule has 17 heavy (non-hydrogen) atoms. The number of benzene rings is 1. The standard InChI is InChI=1S/C13H13N3O/c14-12-7-10(8-13(15)16-12)2-1-9-3-5-11(17)6-4-9/h1-8,17H,(H4,14,15,16)/b2-1+. The molecule has 0 atom stereocenters. The van der Waals surface area contributed by atoms with E-state index >= 15 is 0 Å². The number of phenolic OH excluding ortho intramolecular Hbond substituents is 1. The molecule has 1 heterocycles. The normalized spacial score (nSPS) is 10.8. The van der Waals surface area contributed by atoms with Crippen LogP contribution in [0.2, 0.25) is 0 Å². The Kier molecular flexibility index (Phi) is 2.96. The minimum atomic E-state index is 0.250. The summed E-state index contributed by atoms with van der Waals surface area (Å²) in [5.41, 5.74) is 13.1. The Labute approximate surface area is 99.2 Å². The Balaban J connectivity index is 2.22. The van der Waals surface area contributed by atoms with E-state index in [1.165, 1.54) is 0 Å². The van der Waals surface area contributed by atoms with Crippen LogP contribution >= 0.6 is 0 Å². The zero-order valence-corrected chi connectivity index (χ0v) is 9.17. The number of nitrogens with zero attached hydrogens (tertiary/aromatic N) is 1. The Morgan fingerprint density at radius 1 is 0.882 bits per heavy atom. The van der Waals surface area contributed by atoms with E-state index in [1.807, 2.05) is 24.3 Å². The molecule has 0 aliphatic rings. The van der Waals surface area contributed by atoms with Crippen molar-refractivity contribution in [2.45, 2.75) is 0 Å². The minimum Gasteiger partial charge on any atom is -0.508 e. The van der Waals surface area contributed by atoms with Crippen LogP contribution in [0.15, 0.2) is 36.4 Å². The first-order chi connectivity index (χ1) is 8.13. The van der Waals surface area contributed by atoms with Gasteiger partial charge < -0.3 is 16.6 Å². The fourth-order valence-electron chi connectivity index (χ4n) is 1.47. The Hall–Kier alpha value is -2.49. The molecule has 1 aromatic heterocycles. The van der Waals surface area contributed by atoms with Crippen molar-refractivity contribution in [2.24, 2.45) is 0 Å². The van der Waals surface area contributed by atoms with E-state index in [0.29, 0.717) is 11.6 Å². The number of hydrogen-bond acceptors (Lipinski definition) is 4. The lowest BCUT2D eigenvalue weighted by atomic mass is 10.1. The summed E-state index contributed by atoms with van der Waals surface area (Å²) in [6.45, 7) is 0. The van der Waals surface area contributed by atoms with Gasteiger partial charge in [-0.15, -0.1) is 0 Å². The molecule has 2 rings (SSSR count). The number of rotatable bonds is 2. The van der Waals surface area contributed by atoms with E-state index < -0.39 is 0 Å². The average Bonchev–Trinajstić information content (AvgIpc) is 2.27. The molecule has 0 saturated carbocycles. The smallest absolute Gasteiger partial charge is 0.126 e. The van der Waals surface area contributed by atoms with Crippen LogP contribution in [0.25, 0.3) is 12.2 Å². The second kappa shape index (κ2) is 4.57. The van der Waals surface area contributed by atoms with Crippen LogP contribution in [0, 0.1) is 0 Å². The van der Waals surface area contributed by atoms with E-state index in [-0.39, 0.29) is 5.75 Å². The van der Waals surface area contributed by atoms with Gasteiger partial charge in [0.25, 0.3) is 0 Å². The van der Waals surface area contributed by atoms with Gasteiger partial charge in [-0.3, -0.25) is 0 Å². The molecule has 0 bridgehead atoms. The number of anilines is 2.